The minimum absolute atomic E-state index is 0.0571. The summed E-state index contributed by atoms with van der Waals surface area (Å²) >= 11 is 0. The lowest BCUT2D eigenvalue weighted by Crippen LogP contribution is -2.67. The maximum absolute atomic E-state index is 13.3. The average molecular weight is 596 g/mol. The summed E-state index contributed by atoms with van der Waals surface area (Å²) in [6, 6.07) is 19.5. The second kappa shape index (κ2) is 17.2. The molecule has 1 heterocycles. The van der Waals surface area contributed by atoms with Gasteiger partial charge in [-0.1, -0.05) is 73.5 Å². The van der Waals surface area contributed by atoms with Crippen LogP contribution < -0.4 is 5.73 Å². The number of nitrogens with two attached hydrogens (primary N) is 1. The third kappa shape index (κ3) is 9.43. The number of rotatable bonds is 17. The Kier molecular flexibility index (Phi) is 13.1. The van der Waals surface area contributed by atoms with Crippen LogP contribution in [-0.2, 0) is 36.9 Å². The number of aromatic amines is 1. The number of aryl methyl sites for hydroxylation is 1. The molecule has 4 rings (SSSR count). The third-order valence-corrected chi connectivity index (χ3v) is 7.45. The van der Waals surface area contributed by atoms with Gasteiger partial charge in [0, 0.05) is 19.4 Å². The van der Waals surface area contributed by atoms with Gasteiger partial charge >= 0.3 is 5.97 Å². The van der Waals surface area contributed by atoms with Crippen molar-refractivity contribution in [2.75, 3.05) is 19.8 Å². The van der Waals surface area contributed by atoms with Gasteiger partial charge in [0.1, 0.15) is 30.5 Å². The van der Waals surface area contributed by atoms with E-state index in [0.717, 1.165) is 36.8 Å². The highest BCUT2D eigenvalue weighted by Gasteiger charge is 2.55. The van der Waals surface area contributed by atoms with Crippen LogP contribution in [0.5, 0.6) is 0 Å². The van der Waals surface area contributed by atoms with E-state index in [0.29, 0.717) is 18.8 Å². The highest BCUT2D eigenvalue weighted by molar-refractivity contribution is 5.85. The number of hydrogen-bond donors (Lipinski definition) is 3. The van der Waals surface area contributed by atoms with Crippen molar-refractivity contribution < 1.29 is 33.6 Å². The van der Waals surface area contributed by atoms with Crippen molar-refractivity contribution in [3.63, 3.8) is 0 Å². The molecule has 234 valence electrons. The molecule has 1 aromatic heterocycles. The van der Waals surface area contributed by atoms with Crippen LogP contribution in [0.1, 0.15) is 60.0 Å². The molecule has 0 saturated heterocycles. The quantitative estimate of drug-likeness (QED) is 0.156. The van der Waals surface area contributed by atoms with Crippen LogP contribution in [0.3, 0.4) is 0 Å². The molecule has 0 radical (unpaired) electrons. The molecule has 4 N–H and O–H groups in total. The number of unbranched alkanes of at least 4 members (excludes halogenated alkanes) is 3. The summed E-state index contributed by atoms with van der Waals surface area (Å²) < 4.78 is 31.5. The summed E-state index contributed by atoms with van der Waals surface area (Å²) in [7, 11) is 0. The maximum atomic E-state index is 13.3. The lowest BCUT2D eigenvalue weighted by molar-refractivity contribution is -0.268. The zero-order valence-electron chi connectivity index (χ0n) is 25.1. The van der Waals surface area contributed by atoms with E-state index in [-0.39, 0.29) is 25.6 Å². The van der Waals surface area contributed by atoms with Gasteiger partial charge in [-0.15, -0.1) is 0 Å². The van der Waals surface area contributed by atoms with Crippen LogP contribution in [0.25, 0.3) is 0 Å². The largest absolute Gasteiger partial charge is 0.451 e. The van der Waals surface area contributed by atoms with Crippen molar-refractivity contribution in [2.45, 2.75) is 89.4 Å². The molecule has 0 spiro atoms. The molecule has 1 aliphatic carbocycles. The Labute approximate surface area is 253 Å². The van der Waals surface area contributed by atoms with Crippen molar-refractivity contribution >= 4 is 5.97 Å². The van der Waals surface area contributed by atoms with Gasteiger partial charge in [-0.25, -0.2) is 9.78 Å². The highest BCUT2D eigenvalue weighted by Crippen LogP contribution is 2.34. The van der Waals surface area contributed by atoms with Crippen molar-refractivity contribution in [1.82, 2.24) is 9.97 Å². The molecule has 6 atom stereocenters. The SMILES string of the molecule is CCOC1C(O)C(OCCCCCCN)C(OCc2ccccc2)C(OCc2ccccc2)C1OC(=O)c1nc(C)c[nH]1. The standard InChI is InChI=1S/C33H45N3O7/c1-3-39-28-26(37)27(40-19-13-5-4-12-18-34)29(41-21-24-14-8-6-9-15-24)30(42-22-25-16-10-7-11-17-25)31(28)43-33(38)32-35-20-23(2)36-32/h6-11,14-17,20,26-31,37H,3-5,12-13,18-19,21-22,34H2,1-2H3,(H,35,36). The van der Waals surface area contributed by atoms with Gasteiger partial charge in [0.25, 0.3) is 0 Å². The van der Waals surface area contributed by atoms with Gasteiger partial charge in [-0.05, 0) is 44.4 Å². The zero-order valence-corrected chi connectivity index (χ0v) is 25.1. The summed E-state index contributed by atoms with van der Waals surface area (Å²) in [5, 5.41) is 11.7. The molecule has 43 heavy (non-hydrogen) atoms. The van der Waals surface area contributed by atoms with Crippen molar-refractivity contribution in [3.8, 4) is 0 Å². The Bertz CT molecular complexity index is 1210. The number of imidazole rings is 1. The normalized spacial score (nSPS) is 23.7. The fraction of sp³-hybridized carbons (Fsp3) is 0.515. The molecule has 10 nitrogen and oxygen atoms in total. The number of H-pyrrole nitrogens is 1. The van der Waals surface area contributed by atoms with E-state index < -0.39 is 42.6 Å². The van der Waals surface area contributed by atoms with Gasteiger partial charge < -0.3 is 39.5 Å². The van der Waals surface area contributed by atoms with Crippen LogP contribution in [0.2, 0.25) is 0 Å². The average Bonchev–Trinajstić information content (AvgIpc) is 3.47. The number of esters is 1. The van der Waals surface area contributed by atoms with Gasteiger partial charge in [0.05, 0.1) is 18.9 Å². The van der Waals surface area contributed by atoms with E-state index in [2.05, 4.69) is 9.97 Å². The molecule has 6 unspecified atom stereocenters. The first kappa shape index (κ1) is 32.8. The van der Waals surface area contributed by atoms with Gasteiger partial charge in [-0.2, -0.15) is 0 Å². The first-order valence-electron chi connectivity index (χ1n) is 15.2. The molecule has 1 fully saturated rings. The fourth-order valence-corrected chi connectivity index (χ4v) is 5.28. The molecule has 0 bridgehead atoms. The van der Waals surface area contributed by atoms with E-state index in [1.807, 2.05) is 67.6 Å². The Hall–Kier alpha value is -3.12. The van der Waals surface area contributed by atoms with Crippen LogP contribution >= 0.6 is 0 Å². The first-order valence-corrected chi connectivity index (χ1v) is 15.2. The van der Waals surface area contributed by atoms with Crippen LogP contribution in [-0.4, -0.2) is 77.4 Å². The van der Waals surface area contributed by atoms with Crippen LogP contribution in [0.15, 0.2) is 66.9 Å². The number of aliphatic hydroxyl groups is 1. The zero-order chi connectivity index (χ0) is 30.4. The topological polar surface area (TPSA) is 138 Å². The van der Waals surface area contributed by atoms with Crippen molar-refractivity contribution in [1.29, 1.82) is 0 Å². The molecule has 3 aromatic rings. The summed E-state index contributed by atoms with van der Waals surface area (Å²) in [6.07, 6.45) is -0.142. The third-order valence-electron chi connectivity index (χ3n) is 7.45. The second-order valence-corrected chi connectivity index (χ2v) is 10.7. The van der Waals surface area contributed by atoms with E-state index in [9.17, 15) is 9.90 Å². The molecule has 1 aliphatic rings. The van der Waals surface area contributed by atoms with E-state index in [4.69, 9.17) is 29.4 Å². The number of carbonyl (C=O) groups excluding carboxylic acids is 1. The van der Waals surface area contributed by atoms with Gasteiger partial charge in [-0.3, -0.25) is 0 Å². The number of nitrogens with one attached hydrogen (secondary N) is 1. The number of ether oxygens (including phenoxy) is 5. The predicted octanol–water partition coefficient (Wildman–Crippen LogP) is 4.10. The summed E-state index contributed by atoms with van der Waals surface area (Å²) in [5.74, 6) is -0.619. The molecule has 0 amide bonds. The summed E-state index contributed by atoms with van der Waals surface area (Å²) in [5.41, 5.74) is 8.18. The number of aromatic nitrogens is 2. The second-order valence-electron chi connectivity index (χ2n) is 10.7. The first-order chi connectivity index (χ1) is 21.0. The Balaban J connectivity index is 1.64. The molecule has 0 aliphatic heterocycles. The monoisotopic (exact) mass is 595 g/mol. The van der Waals surface area contributed by atoms with Crippen LogP contribution in [0, 0.1) is 6.92 Å². The predicted molar refractivity (Wildman–Crippen MR) is 161 cm³/mol. The smallest absolute Gasteiger partial charge is 0.374 e. The fourth-order valence-electron chi connectivity index (χ4n) is 5.28. The molecular weight excluding hydrogens is 550 g/mol. The lowest BCUT2D eigenvalue weighted by atomic mass is 9.83. The Morgan fingerprint density at radius 1 is 0.814 bits per heavy atom. The molecule has 10 heteroatoms. The number of carbonyl (C=O) groups is 1. The maximum Gasteiger partial charge on any atom is 0.374 e. The number of benzene rings is 2. The van der Waals surface area contributed by atoms with E-state index >= 15 is 0 Å². The van der Waals surface area contributed by atoms with E-state index in [1.54, 1.807) is 13.1 Å². The number of hydrogen-bond acceptors (Lipinski definition) is 9. The van der Waals surface area contributed by atoms with E-state index in [1.165, 1.54) is 0 Å². The van der Waals surface area contributed by atoms with Crippen molar-refractivity contribution in [3.05, 3.63) is 89.5 Å². The molecule has 2 aromatic carbocycles. The Morgan fingerprint density at radius 2 is 1.40 bits per heavy atom. The molecular formula is C33H45N3O7. The van der Waals surface area contributed by atoms with Crippen molar-refractivity contribution in [2.24, 2.45) is 5.73 Å². The number of nitrogens with zero attached hydrogens (tertiary/aromatic N) is 1. The van der Waals surface area contributed by atoms with Crippen LogP contribution in [0.4, 0.5) is 0 Å². The van der Waals surface area contributed by atoms with Gasteiger partial charge in [0.15, 0.2) is 6.10 Å². The lowest BCUT2D eigenvalue weighted by Gasteiger charge is -2.47. The molecule has 1 saturated carbocycles. The summed E-state index contributed by atoms with van der Waals surface area (Å²) in [6.45, 7) is 5.43. The minimum atomic E-state index is -1.16. The minimum Gasteiger partial charge on any atom is -0.451 e. The highest BCUT2D eigenvalue weighted by atomic mass is 16.6. The van der Waals surface area contributed by atoms with Gasteiger partial charge in [0.2, 0.25) is 5.82 Å². The Morgan fingerprint density at radius 3 is 1.95 bits per heavy atom. The number of aliphatic hydroxyl groups excluding tert-OH is 1. The summed E-state index contributed by atoms with van der Waals surface area (Å²) in [4.78, 5) is 20.4.